The molecule has 0 N–H and O–H groups in total. The summed E-state index contributed by atoms with van der Waals surface area (Å²) < 4.78 is 5.66. The van der Waals surface area contributed by atoms with Crippen LogP contribution in [-0.4, -0.2) is 13.2 Å². The lowest BCUT2D eigenvalue weighted by Gasteiger charge is -2.21. The zero-order chi connectivity index (χ0) is 13.9. The fourth-order valence-corrected chi connectivity index (χ4v) is 2.44. The summed E-state index contributed by atoms with van der Waals surface area (Å²) in [6.45, 7) is 5.84. The van der Waals surface area contributed by atoms with E-state index in [0.29, 0.717) is 5.56 Å². The maximum absolute atomic E-state index is 10.8. The van der Waals surface area contributed by atoms with Crippen molar-refractivity contribution in [3.05, 3.63) is 38.9 Å². The molecule has 96 valence electrons. The van der Waals surface area contributed by atoms with Crippen LogP contribution in [0, 0.1) is 21.4 Å². The molecule has 0 fully saturated rings. The molecular weight excluding hydrogens is 272 g/mol. The molecule has 0 saturated carbocycles. The summed E-state index contributed by atoms with van der Waals surface area (Å²) in [5.74, 6) is 0. The minimum atomic E-state index is -1.91. The summed E-state index contributed by atoms with van der Waals surface area (Å²) in [5, 5.41) is 19.9. The van der Waals surface area contributed by atoms with Crippen molar-refractivity contribution in [2.75, 3.05) is 0 Å². The van der Waals surface area contributed by atoms with E-state index in [2.05, 4.69) is 0 Å². The van der Waals surface area contributed by atoms with Crippen molar-refractivity contribution in [2.24, 2.45) is 0 Å². The van der Waals surface area contributed by atoms with E-state index in [4.69, 9.17) is 21.3 Å². The standard InChI is InChI=1S/C11H13ClN2O3Si/c1-18(2,3)17-11(7-13)8-4-5-9(12)10(6-8)14(15)16/h4-6,11H,1-3H3. The van der Waals surface area contributed by atoms with E-state index < -0.39 is 19.3 Å². The Morgan fingerprint density at radius 2 is 2.11 bits per heavy atom. The van der Waals surface area contributed by atoms with E-state index in [1.807, 2.05) is 25.7 Å². The monoisotopic (exact) mass is 284 g/mol. The Morgan fingerprint density at radius 1 is 1.50 bits per heavy atom. The maximum atomic E-state index is 10.8. The molecule has 0 radical (unpaired) electrons. The van der Waals surface area contributed by atoms with Gasteiger partial charge in [0.05, 0.1) is 11.0 Å². The van der Waals surface area contributed by atoms with Gasteiger partial charge in [0.1, 0.15) is 5.02 Å². The van der Waals surface area contributed by atoms with Crippen molar-refractivity contribution in [3.63, 3.8) is 0 Å². The van der Waals surface area contributed by atoms with Crippen LogP contribution in [0.25, 0.3) is 0 Å². The highest BCUT2D eigenvalue weighted by molar-refractivity contribution is 6.69. The van der Waals surface area contributed by atoms with Crippen molar-refractivity contribution in [1.29, 1.82) is 5.26 Å². The van der Waals surface area contributed by atoms with Crippen molar-refractivity contribution in [2.45, 2.75) is 25.7 Å². The van der Waals surface area contributed by atoms with Crippen LogP contribution in [0.1, 0.15) is 11.7 Å². The molecular formula is C11H13ClN2O3Si. The van der Waals surface area contributed by atoms with Crippen LogP contribution in [0.5, 0.6) is 0 Å². The number of hydrogen-bond acceptors (Lipinski definition) is 4. The minimum absolute atomic E-state index is 0.0495. The van der Waals surface area contributed by atoms with Crippen molar-refractivity contribution >= 4 is 25.6 Å². The van der Waals surface area contributed by atoms with Crippen LogP contribution in [0.2, 0.25) is 24.7 Å². The second-order valence-electron chi connectivity index (χ2n) is 4.71. The van der Waals surface area contributed by atoms with E-state index in [-0.39, 0.29) is 10.7 Å². The van der Waals surface area contributed by atoms with Gasteiger partial charge in [0.25, 0.3) is 5.69 Å². The van der Waals surface area contributed by atoms with Gasteiger partial charge in [0.15, 0.2) is 14.4 Å². The van der Waals surface area contributed by atoms with Crippen LogP contribution in [0.3, 0.4) is 0 Å². The Morgan fingerprint density at radius 3 is 2.56 bits per heavy atom. The maximum Gasteiger partial charge on any atom is 0.288 e. The van der Waals surface area contributed by atoms with Crippen LogP contribution in [0.4, 0.5) is 5.69 Å². The molecule has 7 heteroatoms. The smallest absolute Gasteiger partial charge is 0.288 e. The normalized spacial score (nSPS) is 12.8. The quantitative estimate of drug-likeness (QED) is 0.480. The second kappa shape index (κ2) is 5.48. The predicted molar refractivity (Wildman–Crippen MR) is 70.9 cm³/mol. The van der Waals surface area contributed by atoms with E-state index >= 15 is 0 Å². The number of nitro benzene ring substituents is 1. The third-order valence-corrected chi connectivity index (χ3v) is 3.32. The van der Waals surface area contributed by atoms with Crippen LogP contribution in [0.15, 0.2) is 18.2 Å². The zero-order valence-corrected chi connectivity index (χ0v) is 12.1. The van der Waals surface area contributed by atoms with Gasteiger partial charge in [-0.25, -0.2) is 0 Å². The molecule has 1 unspecified atom stereocenters. The molecule has 18 heavy (non-hydrogen) atoms. The molecule has 0 heterocycles. The molecule has 0 saturated heterocycles. The Balaban J connectivity index is 3.12. The Kier molecular flexibility index (Phi) is 4.46. The Bertz CT molecular complexity index is 508. The number of nitrogens with zero attached hydrogens (tertiary/aromatic N) is 2. The van der Waals surface area contributed by atoms with E-state index in [9.17, 15) is 10.1 Å². The molecule has 1 aromatic rings. The summed E-state index contributed by atoms with van der Waals surface area (Å²) in [5.41, 5.74) is 0.240. The lowest BCUT2D eigenvalue weighted by molar-refractivity contribution is -0.384. The van der Waals surface area contributed by atoms with Gasteiger partial charge in [-0.2, -0.15) is 5.26 Å². The fraction of sp³-hybridized carbons (Fsp3) is 0.364. The summed E-state index contributed by atoms with van der Waals surface area (Å²) in [6, 6.07) is 6.28. The first-order valence-corrected chi connectivity index (χ1v) is 9.04. The largest absolute Gasteiger partial charge is 0.399 e. The molecule has 0 spiro atoms. The Labute approximate surface area is 111 Å². The summed E-state index contributed by atoms with van der Waals surface area (Å²) in [7, 11) is -1.91. The van der Waals surface area contributed by atoms with Crippen LogP contribution in [-0.2, 0) is 4.43 Å². The average Bonchev–Trinajstić information content (AvgIpc) is 2.25. The van der Waals surface area contributed by atoms with Gasteiger partial charge in [-0.05, 0) is 25.7 Å². The third-order valence-electron chi connectivity index (χ3n) is 2.06. The van der Waals surface area contributed by atoms with Gasteiger partial charge in [0, 0.05) is 11.6 Å². The molecule has 5 nitrogen and oxygen atoms in total. The molecule has 0 amide bonds. The second-order valence-corrected chi connectivity index (χ2v) is 9.57. The SMILES string of the molecule is C[Si](C)(C)OC(C#N)c1ccc(Cl)c([N+](=O)[O-])c1. The van der Waals surface area contributed by atoms with Crippen LogP contribution < -0.4 is 0 Å². The van der Waals surface area contributed by atoms with Gasteiger partial charge in [-0.15, -0.1) is 0 Å². The minimum Gasteiger partial charge on any atom is -0.399 e. The molecule has 0 aliphatic heterocycles. The van der Waals surface area contributed by atoms with Gasteiger partial charge in [-0.1, -0.05) is 17.7 Å². The average molecular weight is 285 g/mol. The highest BCUT2D eigenvalue weighted by atomic mass is 35.5. The number of halogens is 1. The molecule has 0 aliphatic rings. The number of nitro groups is 1. The van der Waals surface area contributed by atoms with Crippen molar-refractivity contribution < 1.29 is 9.35 Å². The summed E-state index contributed by atoms with van der Waals surface area (Å²) >= 11 is 5.72. The van der Waals surface area contributed by atoms with Crippen LogP contribution >= 0.6 is 11.6 Å². The third kappa shape index (κ3) is 3.80. The van der Waals surface area contributed by atoms with Crippen molar-refractivity contribution in [3.8, 4) is 6.07 Å². The van der Waals surface area contributed by atoms with E-state index in [1.165, 1.54) is 12.1 Å². The first kappa shape index (κ1) is 14.6. The van der Waals surface area contributed by atoms with Crippen molar-refractivity contribution in [1.82, 2.24) is 0 Å². The summed E-state index contributed by atoms with van der Waals surface area (Å²) in [4.78, 5) is 10.2. The molecule has 0 aromatic heterocycles. The highest BCUT2D eigenvalue weighted by Gasteiger charge is 2.24. The van der Waals surface area contributed by atoms with E-state index in [1.54, 1.807) is 6.07 Å². The number of rotatable bonds is 4. The number of benzene rings is 1. The van der Waals surface area contributed by atoms with Gasteiger partial charge in [0.2, 0.25) is 0 Å². The lowest BCUT2D eigenvalue weighted by atomic mass is 10.1. The van der Waals surface area contributed by atoms with Gasteiger partial charge >= 0.3 is 0 Å². The van der Waals surface area contributed by atoms with Gasteiger partial charge < -0.3 is 4.43 Å². The molecule has 1 aromatic carbocycles. The molecule has 1 rings (SSSR count). The molecule has 1 atom stereocenters. The molecule has 0 bridgehead atoms. The Hall–Kier alpha value is -1.42. The number of nitriles is 1. The number of hydrogen-bond donors (Lipinski definition) is 0. The predicted octanol–water partition coefficient (Wildman–Crippen LogP) is 3.66. The lowest BCUT2D eigenvalue weighted by Crippen LogP contribution is -2.27. The first-order valence-electron chi connectivity index (χ1n) is 5.26. The topological polar surface area (TPSA) is 76.2 Å². The fourth-order valence-electron chi connectivity index (χ4n) is 1.36. The highest BCUT2D eigenvalue weighted by Crippen LogP contribution is 2.30. The first-order chi connectivity index (χ1) is 8.24. The van der Waals surface area contributed by atoms with Gasteiger partial charge in [-0.3, -0.25) is 10.1 Å². The molecule has 0 aliphatic carbocycles. The summed E-state index contributed by atoms with van der Waals surface area (Å²) in [6.07, 6.45) is -0.798. The van der Waals surface area contributed by atoms with E-state index in [0.717, 1.165) is 0 Å². The zero-order valence-electron chi connectivity index (χ0n) is 10.3.